The lowest BCUT2D eigenvalue weighted by Crippen LogP contribution is -2.45. The minimum Gasteiger partial charge on any atom is -0.314 e. The van der Waals surface area contributed by atoms with Crippen molar-refractivity contribution >= 4 is 0 Å². The molecule has 17 heavy (non-hydrogen) atoms. The van der Waals surface area contributed by atoms with E-state index in [4.69, 9.17) is 0 Å². The van der Waals surface area contributed by atoms with Gasteiger partial charge in [0.05, 0.1) is 0 Å². The standard InChI is InChI=1S/C15H32N2/c1-6-10-16-13-8-7-9-14(11-13)17(5)12-15(2,3)4/h13-14,16H,6-12H2,1-5H3. The first-order valence-corrected chi connectivity index (χ1v) is 7.36. The quantitative estimate of drug-likeness (QED) is 0.793. The van der Waals surface area contributed by atoms with E-state index >= 15 is 0 Å². The molecule has 1 aliphatic carbocycles. The molecule has 1 rings (SSSR count). The summed E-state index contributed by atoms with van der Waals surface area (Å²) in [5, 5.41) is 3.69. The number of nitrogens with zero attached hydrogens (tertiary/aromatic N) is 1. The van der Waals surface area contributed by atoms with E-state index in [0.29, 0.717) is 5.41 Å². The Kier molecular flexibility index (Phi) is 5.94. The molecule has 0 radical (unpaired) electrons. The molecule has 0 spiro atoms. The summed E-state index contributed by atoms with van der Waals surface area (Å²) in [5.74, 6) is 0. The van der Waals surface area contributed by atoms with Gasteiger partial charge < -0.3 is 10.2 Å². The monoisotopic (exact) mass is 240 g/mol. The first-order chi connectivity index (χ1) is 7.92. The maximum absolute atomic E-state index is 3.69. The molecular weight excluding hydrogens is 208 g/mol. The molecule has 2 unspecified atom stereocenters. The van der Waals surface area contributed by atoms with Gasteiger partial charge in [0.1, 0.15) is 0 Å². The third-order valence-electron chi connectivity index (χ3n) is 3.68. The van der Waals surface area contributed by atoms with Crippen LogP contribution < -0.4 is 5.32 Å². The fourth-order valence-electron chi connectivity index (χ4n) is 2.98. The van der Waals surface area contributed by atoms with Gasteiger partial charge in [-0.25, -0.2) is 0 Å². The molecule has 102 valence electrons. The molecule has 0 bridgehead atoms. The maximum Gasteiger partial charge on any atom is 0.0107 e. The fourth-order valence-corrected chi connectivity index (χ4v) is 2.98. The van der Waals surface area contributed by atoms with Gasteiger partial charge in [-0.05, 0) is 44.7 Å². The molecule has 0 aliphatic heterocycles. The van der Waals surface area contributed by atoms with E-state index in [2.05, 4.69) is 45.0 Å². The predicted molar refractivity (Wildman–Crippen MR) is 76.4 cm³/mol. The Bertz CT molecular complexity index is 207. The van der Waals surface area contributed by atoms with E-state index in [1.54, 1.807) is 0 Å². The molecule has 1 saturated carbocycles. The second-order valence-corrected chi connectivity index (χ2v) is 6.95. The van der Waals surface area contributed by atoms with E-state index < -0.39 is 0 Å². The van der Waals surface area contributed by atoms with Crippen molar-refractivity contribution in [3.05, 3.63) is 0 Å². The van der Waals surface area contributed by atoms with Gasteiger partial charge in [0.15, 0.2) is 0 Å². The summed E-state index contributed by atoms with van der Waals surface area (Å²) in [7, 11) is 2.30. The highest BCUT2D eigenvalue weighted by Crippen LogP contribution is 2.25. The number of hydrogen-bond donors (Lipinski definition) is 1. The highest BCUT2D eigenvalue weighted by atomic mass is 15.1. The van der Waals surface area contributed by atoms with Crippen LogP contribution in [-0.2, 0) is 0 Å². The maximum atomic E-state index is 3.69. The average molecular weight is 240 g/mol. The Morgan fingerprint density at radius 2 is 1.94 bits per heavy atom. The molecule has 0 saturated heterocycles. The topological polar surface area (TPSA) is 15.3 Å². The van der Waals surface area contributed by atoms with Crippen molar-refractivity contribution in [2.75, 3.05) is 20.1 Å². The zero-order chi connectivity index (χ0) is 12.9. The molecule has 2 nitrogen and oxygen atoms in total. The van der Waals surface area contributed by atoms with Crippen molar-refractivity contribution in [2.45, 2.75) is 71.9 Å². The van der Waals surface area contributed by atoms with Gasteiger partial charge in [-0.2, -0.15) is 0 Å². The second-order valence-electron chi connectivity index (χ2n) is 6.95. The van der Waals surface area contributed by atoms with Gasteiger partial charge >= 0.3 is 0 Å². The number of nitrogens with one attached hydrogen (secondary N) is 1. The van der Waals surface area contributed by atoms with Crippen molar-refractivity contribution in [1.29, 1.82) is 0 Å². The third-order valence-corrected chi connectivity index (χ3v) is 3.68. The van der Waals surface area contributed by atoms with Crippen LogP contribution in [0.2, 0.25) is 0 Å². The van der Waals surface area contributed by atoms with Gasteiger partial charge in [0, 0.05) is 18.6 Å². The van der Waals surface area contributed by atoms with Crippen LogP contribution in [-0.4, -0.2) is 37.1 Å². The molecule has 1 N–H and O–H groups in total. The molecule has 0 amide bonds. The normalized spacial score (nSPS) is 26.5. The van der Waals surface area contributed by atoms with Gasteiger partial charge in [0.2, 0.25) is 0 Å². The molecular formula is C15H32N2. The molecule has 2 atom stereocenters. The van der Waals surface area contributed by atoms with Crippen LogP contribution in [0.15, 0.2) is 0 Å². The van der Waals surface area contributed by atoms with Crippen LogP contribution in [0, 0.1) is 5.41 Å². The van der Waals surface area contributed by atoms with Gasteiger partial charge in [-0.3, -0.25) is 0 Å². The van der Waals surface area contributed by atoms with Crippen molar-refractivity contribution < 1.29 is 0 Å². The van der Waals surface area contributed by atoms with E-state index in [0.717, 1.165) is 12.1 Å². The van der Waals surface area contributed by atoms with Gasteiger partial charge in [0.25, 0.3) is 0 Å². The van der Waals surface area contributed by atoms with Crippen LogP contribution in [0.3, 0.4) is 0 Å². The highest BCUT2D eigenvalue weighted by molar-refractivity contribution is 4.84. The summed E-state index contributed by atoms with van der Waals surface area (Å²) in [6, 6.07) is 1.55. The lowest BCUT2D eigenvalue weighted by molar-refractivity contribution is 0.128. The predicted octanol–water partition coefficient (Wildman–Crippen LogP) is 3.28. The zero-order valence-corrected chi connectivity index (χ0v) is 12.6. The van der Waals surface area contributed by atoms with Crippen LogP contribution >= 0.6 is 0 Å². The Labute approximate surface area is 108 Å². The van der Waals surface area contributed by atoms with E-state index in [1.807, 2.05) is 0 Å². The van der Waals surface area contributed by atoms with Crippen LogP contribution in [0.1, 0.15) is 59.8 Å². The summed E-state index contributed by atoms with van der Waals surface area (Å²) in [4.78, 5) is 2.58. The van der Waals surface area contributed by atoms with Crippen LogP contribution in [0.4, 0.5) is 0 Å². The second kappa shape index (κ2) is 6.75. The lowest BCUT2D eigenvalue weighted by Gasteiger charge is -2.38. The highest BCUT2D eigenvalue weighted by Gasteiger charge is 2.26. The molecule has 0 heterocycles. The molecule has 1 fully saturated rings. The first kappa shape index (κ1) is 15.0. The lowest BCUT2D eigenvalue weighted by atomic mass is 9.88. The summed E-state index contributed by atoms with van der Waals surface area (Å²) in [6.45, 7) is 11.6. The Morgan fingerprint density at radius 1 is 1.24 bits per heavy atom. The third kappa shape index (κ3) is 5.87. The molecule has 2 heteroatoms. The Morgan fingerprint density at radius 3 is 2.53 bits per heavy atom. The summed E-state index contributed by atoms with van der Waals surface area (Å²) in [5.41, 5.74) is 0.415. The average Bonchev–Trinajstić information content (AvgIpc) is 2.24. The summed E-state index contributed by atoms with van der Waals surface area (Å²) in [6.07, 6.45) is 6.74. The van der Waals surface area contributed by atoms with Crippen molar-refractivity contribution in [3.63, 3.8) is 0 Å². The molecule has 1 aliphatic rings. The number of hydrogen-bond acceptors (Lipinski definition) is 2. The van der Waals surface area contributed by atoms with E-state index in [1.165, 1.54) is 45.2 Å². The fraction of sp³-hybridized carbons (Fsp3) is 1.00. The largest absolute Gasteiger partial charge is 0.314 e. The molecule has 0 aromatic heterocycles. The summed E-state index contributed by atoms with van der Waals surface area (Å²) < 4.78 is 0. The smallest absolute Gasteiger partial charge is 0.0107 e. The molecule has 0 aromatic carbocycles. The van der Waals surface area contributed by atoms with Crippen molar-refractivity contribution in [2.24, 2.45) is 5.41 Å². The minimum atomic E-state index is 0.415. The molecule has 0 aromatic rings. The van der Waals surface area contributed by atoms with Gasteiger partial charge in [-0.1, -0.05) is 34.1 Å². The Hall–Kier alpha value is -0.0800. The number of rotatable bonds is 5. The SMILES string of the molecule is CCCNC1CCCC(N(C)CC(C)(C)C)C1. The van der Waals surface area contributed by atoms with Crippen molar-refractivity contribution in [3.8, 4) is 0 Å². The summed E-state index contributed by atoms with van der Waals surface area (Å²) >= 11 is 0. The first-order valence-electron chi connectivity index (χ1n) is 7.36. The van der Waals surface area contributed by atoms with Crippen LogP contribution in [0.25, 0.3) is 0 Å². The van der Waals surface area contributed by atoms with E-state index in [-0.39, 0.29) is 0 Å². The van der Waals surface area contributed by atoms with Crippen molar-refractivity contribution in [1.82, 2.24) is 10.2 Å². The Balaban J connectivity index is 2.37. The van der Waals surface area contributed by atoms with Crippen LogP contribution in [0.5, 0.6) is 0 Å². The zero-order valence-electron chi connectivity index (χ0n) is 12.6. The van der Waals surface area contributed by atoms with Gasteiger partial charge in [-0.15, -0.1) is 0 Å². The van der Waals surface area contributed by atoms with E-state index in [9.17, 15) is 0 Å². The minimum absolute atomic E-state index is 0.415.